The highest BCUT2D eigenvalue weighted by molar-refractivity contribution is 7.91. The van der Waals surface area contributed by atoms with Crippen LogP contribution < -0.4 is 0 Å². The van der Waals surface area contributed by atoms with Gasteiger partial charge in [-0.25, -0.2) is 13.4 Å². The van der Waals surface area contributed by atoms with Crippen molar-refractivity contribution in [2.24, 2.45) is 0 Å². The Kier molecular flexibility index (Phi) is 6.90. The van der Waals surface area contributed by atoms with E-state index in [1.54, 1.807) is 12.1 Å². The number of benzene rings is 1. The van der Waals surface area contributed by atoms with Crippen molar-refractivity contribution in [1.29, 1.82) is 5.26 Å². The Balaban J connectivity index is 2.36. The molecule has 1 aromatic heterocycles. The molecule has 0 saturated heterocycles. The lowest BCUT2D eigenvalue weighted by molar-refractivity contribution is -0.116. The van der Waals surface area contributed by atoms with Crippen LogP contribution in [0.4, 0.5) is 0 Å². The lowest BCUT2D eigenvalue weighted by Crippen LogP contribution is -2.20. The Bertz CT molecular complexity index is 1050. The maximum absolute atomic E-state index is 12.7. The van der Waals surface area contributed by atoms with E-state index in [0.29, 0.717) is 5.56 Å². The number of nitriles is 1. The highest BCUT2D eigenvalue weighted by Crippen LogP contribution is 2.30. The molecule has 0 spiro atoms. The van der Waals surface area contributed by atoms with Gasteiger partial charge in [0.05, 0.1) is 17.8 Å². The van der Waals surface area contributed by atoms with Gasteiger partial charge in [0.25, 0.3) is 0 Å². The number of carbonyl (C=O) groups is 1. The van der Waals surface area contributed by atoms with Crippen LogP contribution in [0, 0.1) is 11.3 Å². The van der Waals surface area contributed by atoms with E-state index in [0.717, 1.165) is 22.9 Å². The van der Waals surface area contributed by atoms with E-state index in [4.69, 9.17) is 4.42 Å². The largest absolute Gasteiger partial charge is 0.430 e. The molecule has 7 nitrogen and oxygen atoms in total. The zero-order valence-electron chi connectivity index (χ0n) is 18.2. The number of hydrogen-bond acceptors (Lipinski definition) is 7. The fraction of sp³-hybridized carbons (Fsp3) is 0.500. The van der Waals surface area contributed by atoms with Crippen LogP contribution in [0.5, 0.6) is 0 Å². The zero-order chi connectivity index (χ0) is 22.9. The Morgan fingerprint density at radius 1 is 1.20 bits per heavy atom. The summed E-state index contributed by atoms with van der Waals surface area (Å²) < 4.78 is 30.4. The Labute approximate surface area is 177 Å². The summed E-state index contributed by atoms with van der Waals surface area (Å²) in [7, 11) is -4.09. The van der Waals surface area contributed by atoms with E-state index < -0.39 is 32.2 Å². The van der Waals surface area contributed by atoms with Gasteiger partial charge in [-0.05, 0) is 54.5 Å². The third kappa shape index (κ3) is 5.35. The predicted octanol–water partition coefficient (Wildman–Crippen LogP) is 3.61. The molecule has 0 aliphatic heterocycles. The molecule has 162 valence electrons. The van der Waals surface area contributed by atoms with Gasteiger partial charge in [0.15, 0.2) is 11.5 Å². The van der Waals surface area contributed by atoms with Crippen LogP contribution in [0.1, 0.15) is 81.4 Å². The molecule has 30 heavy (non-hydrogen) atoms. The molecular formula is C22H28N2O5S. The normalized spacial score (nSPS) is 12.4. The number of sulfone groups is 1. The topological polar surface area (TPSA) is 121 Å². The van der Waals surface area contributed by atoms with E-state index in [2.05, 4.69) is 11.1 Å². The molecule has 2 aromatic rings. The van der Waals surface area contributed by atoms with E-state index in [9.17, 15) is 23.6 Å². The first kappa shape index (κ1) is 23.8. The molecule has 1 heterocycles. The number of rotatable bonds is 8. The summed E-state index contributed by atoms with van der Waals surface area (Å²) in [6.45, 7) is 10.8. The third-order valence-corrected chi connectivity index (χ3v) is 6.19. The molecule has 0 aliphatic rings. The second kappa shape index (κ2) is 8.70. The van der Waals surface area contributed by atoms with Crippen molar-refractivity contribution in [1.82, 2.24) is 4.98 Å². The fourth-order valence-electron chi connectivity index (χ4n) is 3.22. The summed E-state index contributed by atoms with van der Waals surface area (Å²) in [5.74, 6) is -1.11. The van der Waals surface area contributed by atoms with E-state index >= 15 is 0 Å². The molecule has 0 aliphatic carbocycles. The maximum Gasteiger partial charge on any atom is 0.315 e. The molecule has 0 radical (unpaired) electrons. The Morgan fingerprint density at radius 3 is 2.13 bits per heavy atom. The molecule has 8 heteroatoms. The summed E-state index contributed by atoms with van der Waals surface area (Å²) in [5.41, 5.74) is 1.63. The van der Waals surface area contributed by atoms with Crippen LogP contribution in [0.25, 0.3) is 0 Å². The van der Waals surface area contributed by atoms with Gasteiger partial charge >= 0.3 is 5.22 Å². The minimum Gasteiger partial charge on any atom is -0.430 e. The second-order valence-corrected chi connectivity index (χ2v) is 10.4. The number of Topliss-reactive ketones (excluding diaryl/α,β-unsaturated/α-hetero) is 1. The van der Waals surface area contributed by atoms with Gasteiger partial charge in [-0.3, -0.25) is 4.79 Å². The van der Waals surface area contributed by atoms with Gasteiger partial charge in [0, 0.05) is 6.42 Å². The summed E-state index contributed by atoms with van der Waals surface area (Å²) in [5, 5.41) is 18.7. The first-order valence-corrected chi connectivity index (χ1v) is 11.4. The summed E-state index contributed by atoms with van der Waals surface area (Å²) in [6, 6.07) is 5.67. The molecule has 0 atom stereocenters. The van der Waals surface area contributed by atoms with Gasteiger partial charge in [-0.1, -0.05) is 27.7 Å². The van der Waals surface area contributed by atoms with Gasteiger partial charge in [0.2, 0.25) is 9.84 Å². The molecule has 0 fully saturated rings. The van der Waals surface area contributed by atoms with E-state index in [1.165, 1.54) is 13.8 Å². The number of carbonyl (C=O) groups excluding carboxylic acids is 1. The Hall–Kier alpha value is -2.50. The summed E-state index contributed by atoms with van der Waals surface area (Å²) in [4.78, 5) is 16.5. The van der Waals surface area contributed by atoms with Crippen molar-refractivity contribution in [3.63, 3.8) is 0 Å². The van der Waals surface area contributed by atoms with Crippen molar-refractivity contribution in [3.05, 3.63) is 46.3 Å². The number of hydrogen-bond donors (Lipinski definition) is 1. The van der Waals surface area contributed by atoms with Gasteiger partial charge in [0.1, 0.15) is 11.4 Å². The van der Waals surface area contributed by atoms with Crippen LogP contribution in [0.2, 0.25) is 0 Å². The molecule has 2 rings (SSSR count). The molecule has 1 N–H and O–H groups in total. The molecule has 0 saturated carbocycles. The first-order chi connectivity index (χ1) is 13.8. The van der Waals surface area contributed by atoms with Crippen molar-refractivity contribution in [2.75, 3.05) is 5.75 Å². The Morgan fingerprint density at radius 2 is 1.73 bits per heavy atom. The fourth-order valence-corrected chi connectivity index (χ4v) is 4.30. The standard InChI is InChI=1S/C22H28N2O5S/c1-13(2)17-7-15(10-23)8-18(14(3)4)19(17)9-16(25)12-30(27,28)21-24-11-20(29-21)22(5,6)26/h7-8,11,13-14,26H,9,12H2,1-6H3. The second-order valence-electron chi connectivity index (χ2n) is 8.58. The van der Waals surface area contributed by atoms with Gasteiger partial charge < -0.3 is 9.52 Å². The molecule has 0 bridgehead atoms. The van der Waals surface area contributed by atoms with Crippen LogP contribution in [-0.2, 0) is 26.7 Å². The van der Waals surface area contributed by atoms with Crippen molar-refractivity contribution in [3.8, 4) is 6.07 Å². The van der Waals surface area contributed by atoms with Crippen LogP contribution in [0.15, 0.2) is 28.0 Å². The average molecular weight is 433 g/mol. The number of nitrogens with zero attached hydrogens (tertiary/aromatic N) is 2. The van der Waals surface area contributed by atoms with Crippen molar-refractivity contribution in [2.45, 2.75) is 70.6 Å². The van der Waals surface area contributed by atoms with Crippen molar-refractivity contribution >= 4 is 15.6 Å². The van der Waals surface area contributed by atoms with E-state index in [1.807, 2.05) is 27.7 Å². The number of aromatic nitrogens is 1. The zero-order valence-corrected chi connectivity index (χ0v) is 19.0. The molecule has 0 amide bonds. The summed E-state index contributed by atoms with van der Waals surface area (Å²) >= 11 is 0. The molecule has 1 aromatic carbocycles. The van der Waals surface area contributed by atoms with Gasteiger partial charge in [-0.15, -0.1) is 0 Å². The van der Waals surface area contributed by atoms with Crippen molar-refractivity contribution < 1.29 is 22.7 Å². The highest BCUT2D eigenvalue weighted by Gasteiger charge is 2.29. The molecular weight excluding hydrogens is 404 g/mol. The third-order valence-electron chi connectivity index (χ3n) is 4.77. The minimum atomic E-state index is -4.09. The van der Waals surface area contributed by atoms with Crippen LogP contribution >= 0.6 is 0 Å². The minimum absolute atomic E-state index is 0.00445. The first-order valence-electron chi connectivity index (χ1n) is 9.76. The van der Waals surface area contributed by atoms with Gasteiger partial charge in [-0.2, -0.15) is 5.26 Å². The SMILES string of the molecule is CC(C)c1cc(C#N)cc(C(C)C)c1CC(=O)CS(=O)(=O)c1ncc(C(C)(C)O)o1. The lowest BCUT2D eigenvalue weighted by atomic mass is 9.85. The summed E-state index contributed by atoms with van der Waals surface area (Å²) in [6.07, 6.45) is 1.08. The van der Waals surface area contributed by atoms with Crippen LogP contribution in [0.3, 0.4) is 0 Å². The van der Waals surface area contributed by atoms with E-state index in [-0.39, 0.29) is 24.0 Å². The van der Waals surface area contributed by atoms with Crippen LogP contribution in [-0.4, -0.2) is 30.0 Å². The highest BCUT2D eigenvalue weighted by atomic mass is 32.2. The maximum atomic E-state index is 12.7. The molecule has 0 unspecified atom stereocenters. The monoisotopic (exact) mass is 432 g/mol. The average Bonchev–Trinajstić information content (AvgIpc) is 3.12. The number of aliphatic hydroxyl groups is 1. The number of ketones is 1. The quantitative estimate of drug-likeness (QED) is 0.676. The number of oxazole rings is 1. The predicted molar refractivity (Wildman–Crippen MR) is 112 cm³/mol. The smallest absolute Gasteiger partial charge is 0.315 e. The lowest BCUT2D eigenvalue weighted by Gasteiger charge is -2.20.